The molecule has 0 spiro atoms. The topological polar surface area (TPSA) is 63.2 Å². The van der Waals surface area contributed by atoms with E-state index < -0.39 is 6.17 Å². The quantitative estimate of drug-likeness (QED) is 0.728. The van der Waals surface area contributed by atoms with Gasteiger partial charge in [0, 0.05) is 34.2 Å². The van der Waals surface area contributed by atoms with E-state index in [-0.39, 0.29) is 5.91 Å². The zero-order valence-corrected chi connectivity index (χ0v) is 14.5. The van der Waals surface area contributed by atoms with E-state index in [1.165, 1.54) is 0 Å². The molecule has 1 aliphatic heterocycles. The lowest BCUT2D eigenvalue weighted by molar-refractivity contribution is 0.0935. The van der Waals surface area contributed by atoms with Crippen molar-refractivity contribution in [3.63, 3.8) is 0 Å². The number of fused-ring (bicyclic) bond motifs is 1. The zero-order valence-electron chi connectivity index (χ0n) is 13.8. The number of carbonyl (C=O) groups is 1. The Morgan fingerprint density at radius 2 is 1.96 bits per heavy atom. The smallest absolute Gasteiger partial charge is 0.255 e. The summed E-state index contributed by atoms with van der Waals surface area (Å²) in [7, 11) is 0. The SMILES string of the molecule is O=C1N[C@H](c2cc(Cl)ccc2OCc2cccnc2)Nc2ccccc21. The fraction of sp³-hybridized carbons (Fsp3) is 0.100. The fourth-order valence-electron chi connectivity index (χ4n) is 2.88. The fourth-order valence-corrected chi connectivity index (χ4v) is 3.06. The van der Waals surface area contributed by atoms with Crippen LogP contribution >= 0.6 is 11.6 Å². The molecule has 0 saturated heterocycles. The monoisotopic (exact) mass is 365 g/mol. The number of benzene rings is 2. The van der Waals surface area contributed by atoms with Gasteiger partial charge in [-0.25, -0.2) is 0 Å². The molecule has 1 aromatic heterocycles. The van der Waals surface area contributed by atoms with Crippen molar-refractivity contribution in [1.29, 1.82) is 0 Å². The Balaban J connectivity index is 1.62. The van der Waals surface area contributed by atoms with Crippen molar-refractivity contribution in [2.45, 2.75) is 12.8 Å². The van der Waals surface area contributed by atoms with Crippen molar-refractivity contribution in [1.82, 2.24) is 10.3 Å². The van der Waals surface area contributed by atoms with Crippen molar-refractivity contribution in [3.8, 4) is 5.75 Å². The zero-order chi connectivity index (χ0) is 17.9. The Bertz CT molecular complexity index is 947. The molecule has 2 aromatic carbocycles. The third-order valence-corrected chi connectivity index (χ3v) is 4.38. The average Bonchev–Trinajstić information content (AvgIpc) is 2.68. The van der Waals surface area contributed by atoms with Gasteiger partial charge in [0.15, 0.2) is 0 Å². The van der Waals surface area contributed by atoms with Crippen LogP contribution in [0.1, 0.15) is 27.7 Å². The number of amides is 1. The summed E-state index contributed by atoms with van der Waals surface area (Å²) in [6.07, 6.45) is 3.04. The lowest BCUT2D eigenvalue weighted by atomic mass is 10.0. The first-order valence-corrected chi connectivity index (χ1v) is 8.56. The van der Waals surface area contributed by atoms with E-state index in [9.17, 15) is 4.79 Å². The van der Waals surface area contributed by atoms with Gasteiger partial charge in [0.1, 0.15) is 18.5 Å². The highest BCUT2D eigenvalue weighted by Gasteiger charge is 2.26. The number of pyridine rings is 1. The number of anilines is 1. The normalized spacial score (nSPS) is 15.6. The molecular formula is C20H16ClN3O2. The molecule has 5 nitrogen and oxygen atoms in total. The maximum absolute atomic E-state index is 12.4. The predicted octanol–water partition coefficient (Wildman–Crippen LogP) is 4.17. The van der Waals surface area contributed by atoms with E-state index in [2.05, 4.69) is 15.6 Å². The van der Waals surface area contributed by atoms with E-state index in [4.69, 9.17) is 16.3 Å². The molecule has 0 aliphatic carbocycles. The maximum atomic E-state index is 12.4. The summed E-state index contributed by atoms with van der Waals surface area (Å²) in [6.45, 7) is 0.375. The number of para-hydroxylation sites is 1. The van der Waals surface area contributed by atoms with Crippen LogP contribution in [0, 0.1) is 0 Å². The van der Waals surface area contributed by atoms with Gasteiger partial charge in [0.25, 0.3) is 5.91 Å². The summed E-state index contributed by atoms with van der Waals surface area (Å²) in [4.78, 5) is 16.5. The molecule has 6 heteroatoms. The van der Waals surface area contributed by atoms with Crippen LogP contribution in [0.15, 0.2) is 67.0 Å². The molecule has 1 amide bonds. The number of carbonyl (C=O) groups excluding carboxylic acids is 1. The van der Waals surface area contributed by atoms with Gasteiger partial charge >= 0.3 is 0 Å². The van der Waals surface area contributed by atoms with Crippen molar-refractivity contribution in [2.24, 2.45) is 0 Å². The van der Waals surface area contributed by atoms with Crippen molar-refractivity contribution in [3.05, 3.63) is 88.7 Å². The molecule has 0 unspecified atom stereocenters. The van der Waals surface area contributed by atoms with Gasteiger partial charge in [0.2, 0.25) is 0 Å². The molecule has 1 aliphatic rings. The van der Waals surface area contributed by atoms with Crippen LogP contribution in [0.3, 0.4) is 0 Å². The number of ether oxygens (including phenoxy) is 1. The molecular weight excluding hydrogens is 350 g/mol. The van der Waals surface area contributed by atoms with Gasteiger partial charge in [-0.1, -0.05) is 29.8 Å². The van der Waals surface area contributed by atoms with Gasteiger partial charge in [-0.15, -0.1) is 0 Å². The minimum atomic E-state index is -0.431. The van der Waals surface area contributed by atoms with Gasteiger partial charge in [-0.05, 0) is 36.4 Å². The molecule has 2 N–H and O–H groups in total. The second-order valence-electron chi connectivity index (χ2n) is 5.93. The first-order chi connectivity index (χ1) is 12.7. The van der Waals surface area contributed by atoms with Gasteiger partial charge < -0.3 is 15.4 Å². The molecule has 3 aromatic rings. The lowest BCUT2D eigenvalue weighted by Crippen LogP contribution is -2.38. The van der Waals surface area contributed by atoms with Crippen LogP contribution in [0.5, 0.6) is 5.75 Å². The summed E-state index contributed by atoms with van der Waals surface area (Å²) in [5.74, 6) is 0.512. The van der Waals surface area contributed by atoms with Crippen molar-refractivity contribution < 1.29 is 9.53 Å². The number of nitrogens with zero attached hydrogens (tertiary/aromatic N) is 1. The van der Waals surface area contributed by atoms with Gasteiger partial charge in [-0.2, -0.15) is 0 Å². The predicted molar refractivity (Wildman–Crippen MR) is 100 cm³/mol. The largest absolute Gasteiger partial charge is 0.488 e. The van der Waals surface area contributed by atoms with E-state index >= 15 is 0 Å². The lowest BCUT2D eigenvalue weighted by Gasteiger charge is -2.29. The molecule has 2 heterocycles. The first-order valence-electron chi connectivity index (χ1n) is 8.18. The molecule has 0 radical (unpaired) electrons. The number of aromatic nitrogens is 1. The minimum absolute atomic E-state index is 0.137. The average molecular weight is 366 g/mol. The molecule has 0 fully saturated rings. The van der Waals surface area contributed by atoms with Crippen molar-refractivity contribution >= 4 is 23.2 Å². The molecule has 1 atom stereocenters. The Kier molecular flexibility index (Phi) is 4.46. The van der Waals surface area contributed by atoms with E-state index in [1.807, 2.05) is 36.4 Å². The van der Waals surface area contributed by atoms with E-state index in [0.29, 0.717) is 22.9 Å². The first kappa shape index (κ1) is 16.4. The summed E-state index contributed by atoms with van der Waals surface area (Å²) in [5, 5.41) is 6.85. The summed E-state index contributed by atoms with van der Waals surface area (Å²) in [5.41, 5.74) is 3.12. The Hall–Kier alpha value is -3.05. The second kappa shape index (κ2) is 7.06. The minimum Gasteiger partial charge on any atom is -0.488 e. The van der Waals surface area contributed by atoms with Crippen LogP contribution < -0.4 is 15.4 Å². The summed E-state index contributed by atoms with van der Waals surface area (Å²) < 4.78 is 5.96. The molecule has 130 valence electrons. The van der Waals surface area contributed by atoms with Crippen LogP contribution in [0.4, 0.5) is 5.69 Å². The third kappa shape index (κ3) is 3.34. The van der Waals surface area contributed by atoms with Crippen LogP contribution in [-0.2, 0) is 6.61 Å². The van der Waals surface area contributed by atoms with Crippen LogP contribution in [0.25, 0.3) is 0 Å². The molecule has 0 bridgehead atoms. The number of hydrogen-bond donors (Lipinski definition) is 2. The highest BCUT2D eigenvalue weighted by atomic mass is 35.5. The maximum Gasteiger partial charge on any atom is 0.255 e. The number of nitrogens with one attached hydrogen (secondary N) is 2. The molecule has 26 heavy (non-hydrogen) atoms. The Morgan fingerprint density at radius 3 is 2.81 bits per heavy atom. The molecule has 0 saturated carbocycles. The van der Waals surface area contributed by atoms with E-state index in [1.54, 1.807) is 30.6 Å². The summed E-state index contributed by atoms with van der Waals surface area (Å²) >= 11 is 6.18. The Morgan fingerprint density at radius 1 is 1.08 bits per heavy atom. The standard InChI is InChI=1S/C20H16ClN3O2/c21-14-7-8-18(26-12-13-4-3-9-22-11-13)16(10-14)19-23-17-6-2-1-5-15(17)20(25)24-19/h1-11,19,23H,12H2,(H,24,25)/t19-/m1/s1. The van der Waals surface area contributed by atoms with E-state index in [0.717, 1.165) is 16.8 Å². The van der Waals surface area contributed by atoms with Gasteiger partial charge in [-0.3, -0.25) is 9.78 Å². The van der Waals surface area contributed by atoms with Crippen LogP contribution in [0.2, 0.25) is 5.02 Å². The van der Waals surface area contributed by atoms with Gasteiger partial charge in [0.05, 0.1) is 5.56 Å². The Labute approximate surface area is 156 Å². The highest BCUT2D eigenvalue weighted by molar-refractivity contribution is 6.30. The highest BCUT2D eigenvalue weighted by Crippen LogP contribution is 2.33. The van der Waals surface area contributed by atoms with Crippen molar-refractivity contribution in [2.75, 3.05) is 5.32 Å². The number of rotatable bonds is 4. The summed E-state index contributed by atoms with van der Waals surface area (Å²) in [6, 6.07) is 16.6. The number of halogens is 1. The number of hydrogen-bond acceptors (Lipinski definition) is 4. The third-order valence-electron chi connectivity index (χ3n) is 4.15. The molecule has 4 rings (SSSR count). The van der Waals surface area contributed by atoms with Crippen LogP contribution in [-0.4, -0.2) is 10.9 Å². The second-order valence-corrected chi connectivity index (χ2v) is 6.36.